The van der Waals surface area contributed by atoms with E-state index in [1.54, 1.807) is 0 Å². The molecule has 0 atom stereocenters. The third-order valence-corrected chi connectivity index (χ3v) is 5.33. The fourth-order valence-corrected chi connectivity index (χ4v) is 3.79. The first-order chi connectivity index (χ1) is 11.5. The first-order valence-electron chi connectivity index (χ1n) is 10.1. The average molecular weight is 361 g/mol. The van der Waals surface area contributed by atoms with Gasteiger partial charge in [0, 0.05) is 12.7 Å². The van der Waals surface area contributed by atoms with Crippen molar-refractivity contribution >= 4 is 15.6 Å². The highest BCUT2D eigenvalue weighted by Crippen LogP contribution is 2.13. The molecule has 0 radical (unpaired) electrons. The van der Waals surface area contributed by atoms with Crippen LogP contribution in [0.4, 0.5) is 0 Å². The predicted octanol–water partition coefficient (Wildman–Crippen LogP) is 5.86. The molecule has 0 heterocycles. The molecule has 0 saturated carbocycles. The minimum absolute atomic E-state index is 0.132. The van der Waals surface area contributed by atoms with E-state index in [9.17, 15) is 13.2 Å². The third kappa shape index (κ3) is 19.7. The quantitative estimate of drug-likeness (QED) is 0.288. The molecule has 0 aliphatic rings. The van der Waals surface area contributed by atoms with Crippen molar-refractivity contribution in [2.75, 3.05) is 12.0 Å². The third-order valence-electron chi connectivity index (χ3n) is 4.48. The molecule has 144 valence electrons. The van der Waals surface area contributed by atoms with E-state index in [2.05, 4.69) is 6.92 Å². The molecule has 0 unspecified atom stereocenters. The second kappa shape index (κ2) is 16.1. The van der Waals surface area contributed by atoms with E-state index in [1.165, 1.54) is 83.5 Å². The number of ketones is 1. The summed E-state index contributed by atoms with van der Waals surface area (Å²) in [5, 5.41) is 0. The van der Waals surface area contributed by atoms with E-state index in [-0.39, 0.29) is 11.5 Å². The first-order valence-corrected chi connectivity index (χ1v) is 12.2. The summed E-state index contributed by atoms with van der Waals surface area (Å²) in [5.41, 5.74) is 0. The van der Waals surface area contributed by atoms with Gasteiger partial charge in [-0.05, 0) is 6.42 Å². The van der Waals surface area contributed by atoms with Crippen molar-refractivity contribution in [2.24, 2.45) is 0 Å². The molecule has 4 heteroatoms. The molecule has 0 saturated heterocycles. The standard InChI is InChI=1S/C20H40O3S/c1-3-4-5-6-7-8-9-10-11-12-13-14-15-16-17-18-20(21)19-24(2,22)23/h3-19H2,1-2H3. The van der Waals surface area contributed by atoms with Crippen LogP contribution >= 0.6 is 0 Å². The number of carbonyl (C=O) groups excluding carboxylic acids is 1. The van der Waals surface area contributed by atoms with Crippen LogP contribution in [0, 0.1) is 0 Å². The summed E-state index contributed by atoms with van der Waals surface area (Å²) >= 11 is 0. The second-order valence-electron chi connectivity index (χ2n) is 7.31. The number of hydrogen-bond acceptors (Lipinski definition) is 3. The van der Waals surface area contributed by atoms with Crippen molar-refractivity contribution in [1.82, 2.24) is 0 Å². The van der Waals surface area contributed by atoms with Crippen LogP contribution in [0.3, 0.4) is 0 Å². The summed E-state index contributed by atoms with van der Waals surface area (Å²) in [6.45, 7) is 2.26. The van der Waals surface area contributed by atoms with Crippen molar-refractivity contribution in [1.29, 1.82) is 0 Å². The van der Waals surface area contributed by atoms with E-state index < -0.39 is 9.84 Å². The van der Waals surface area contributed by atoms with Gasteiger partial charge in [0.2, 0.25) is 0 Å². The number of unbranched alkanes of at least 4 members (excludes halogenated alkanes) is 14. The fraction of sp³-hybridized carbons (Fsp3) is 0.950. The van der Waals surface area contributed by atoms with Crippen LogP contribution in [-0.2, 0) is 14.6 Å². The Morgan fingerprint density at radius 1 is 0.625 bits per heavy atom. The predicted molar refractivity (Wildman–Crippen MR) is 104 cm³/mol. The second-order valence-corrected chi connectivity index (χ2v) is 9.45. The topological polar surface area (TPSA) is 51.2 Å². The van der Waals surface area contributed by atoms with Gasteiger partial charge in [-0.3, -0.25) is 4.79 Å². The van der Waals surface area contributed by atoms with Gasteiger partial charge in [-0.15, -0.1) is 0 Å². The summed E-state index contributed by atoms with van der Waals surface area (Å²) in [6, 6.07) is 0. The van der Waals surface area contributed by atoms with Crippen molar-refractivity contribution in [3.05, 3.63) is 0 Å². The van der Waals surface area contributed by atoms with Crippen molar-refractivity contribution in [3.63, 3.8) is 0 Å². The molecule has 0 aliphatic carbocycles. The maximum Gasteiger partial charge on any atom is 0.154 e. The van der Waals surface area contributed by atoms with E-state index in [1.807, 2.05) is 0 Å². The van der Waals surface area contributed by atoms with Gasteiger partial charge < -0.3 is 0 Å². The van der Waals surface area contributed by atoms with E-state index in [0.717, 1.165) is 19.1 Å². The van der Waals surface area contributed by atoms with Crippen molar-refractivity contribution in [2.45, 2.75) is 110 Å². The van der Waals surface area contributed by atoms with Gasteiger partial charge in [-0.1, -0.05) is 96.8 Å². The molecule has 0 rings (SSSR count). The maximum absolute atomic E-state index is 11.4. The van der Waals surface area contributed by atoms with Gasteiger partial charge in [-0.2, -0.15) is 0 Å². The first kappa shape index (κ1) is 23.6. The van der Waals surface area contributed by atoms with Gasteiger partial charge in [0.1, 0.15) is 11.5 Å². The highest BCUT2D eigenvalue weighted by molar-refractivity contribution is 7.91. The number of hydrogen-bond donors (Lipinski definition) is 0. The van der Waals surface area contributed by atoms with Crippen LogP contribution in [0.2, 0.25) is 0 Å². The van der Waals surface area contributed by atoms with Crippen LogP contribution < -0.4 is 0 Å². The molecule has 0 bridgehead atoms. The molecule has 0 aromatic rings. The lowest BCUT2D eigenvalue weighted by Gasteiger charge is -2.03. The van der Waals surface area contributed by atoms with Crippen molar-refractivity contribution in [3.8, 4) is 0 Å². The Morgan fingerprint density at radius 3 is 1.29 bits per heavy atom. The van der Waals surface area contributed by atoms with E-state index in [0.29, 0.717) is 6.42 Å². The van der Waals surface area contributed by atoms with Crippen LogP contribution in [0.1, 0.15) is 110 Å². The molecule has 3 nitrogen and oxygen atoms in total. The molecule has 0 aromatic heterocycles. The zero-order valence-electron chi connectivity index (χ0n) is 16.2. The smallest absolute Gasteiger partial charge is 0.154 e. The molecular weight excluding hydrogens is 320 g/mol. The lowest BCUT2D eigenvalue weighted by atomic mass is 10.0. The van der Waals surface area contributed by atoms with Gasteiger partial charge in [0.05, 0.1) is 0 Å². The SMILES string of the molecule is CCCCCCCCCCCCCCCCCC(=O)CS(C)(=O)=O. The van der Waals surface area contributed by atoms with E-state index in [4.69, 9.17) is 0 Å². The van der Waals surface area contributed by atoms with Gasteiger partial charge in [-0.25, -0.2) is 8.42 Å². The number of Topliss-reactive ketones (excluding diaryl/α,β-unsaturated/α-hetero) is 1. The Kier molecular flexibility index (Phi) is 15.9. The summed E-state index contributed by atoms with van der Waals surface area (Å²) in [5.74, 6) is -0.418. The molecule has 0 aromatic carbocycles. The summed E-state index contributed by atoms with van der Waals surface area (Å²) in [7, 11) is -3.14. The normalized spacial score (nSPS) is 11.8. The Morgan fingerprint density at radius 2 is 0.958 bits per heavy atom. The number of carbonyl (C=O) groups is 1. The number of rotatable bonds is 18. The molecule has 0 amide bonds. The van der Waals surface area contributed by atoms with Crippen LogP contribution in [0.5, 0.6) is 0 Å². The molecule has 0 N–H and O–H groups in total. The lowest BCUT2D eigenvalue weighted by molar-refractivity contribution is -0.116. The average Bonchev–Trinajstić information content (AvgIpc) is 2.49. The largest absolute Gasteiger partial charge is 0.299 e. The highest BCUT2D eigenvalue weighted by atomic mass is 32.2. The molecule has 0 fully saturated rings. The lowest BCUT2D eigenvalue weighted by Crippen LogP contribution is -2.13. The van der Waals surface area contributed by atoms with E-state index >= 15 is 0 Å². The zero-order chi connectivity index (χ0) is 18.1. The summed E-state index contributed by atoms with van der Waals surface area (Å²) in [6.07, 6.45) is 21.0. The maximum atomic E-state index is 11.4. The Bertz CT molecular complexity index is 388. The Hall–Kier alpha value is -0.380. The molecule has 0 spiro atoms. The van der Waals surface area contributed by atoms with Gasteiger partial charge >= 0.3 is 0 Å². The van der Waals surface area contributed by atoms with Crippen LogP contribution in [0.15, 0.2) is 0 Å². The van der Waals surface area contributed by atoms with Crippen LogP contribution in [0.25, 0.3) is 0 Å². The van der Waals surface area contributed by atoms with Crippen molar-refractivity contribution < 1.29 is 13.2 Å². The summed E-state index contributed by atoms with van der Waals surface area (Å²) in [4.78, 5) is 11.4. The molecule has 24 heavy (non-hydrogen) atoms. The minimum atomic E-state index is -3.14. The molecule has 0 aliphatic heterocycles. The fourth-order valence-electron chi connectivity index (χ4n) is 3.06. The van der Waals surface area contributed by atoms with Gasteiger partial charge in [0.15, 0.2) is 9.84 Å². The zero-order valence-corrected chi connectivity index (χ0v) is 17.0. The number of sulfone groups is 1. The Balaban J connectivity index is 3.16. The Labute approximate surface area is 150 Å². The molecular formula is C20H40O3S. The van der Waals surface area contributed by atoms with Crippen LogP contribution in [-0.4, -0.2) is 26.2 Å². The highest BCUT2D eigenvalue weighted by Gasteiger charge is 2.09. The monoisotopic (exact) mass is 360 g/mol. The summed E-state index contributed by atoms with van der Waals surface area (Å²) < 4.78 is 22.0. The van der Waals surface area contributed by atoms with Gasteiger partial charge in [0.25, 0.3) is 0 Å². The minimum Gasteiger partial charge on any atom is -0.299 e.